The minimum Gasteiger partial charge on any atom is -0.496 e. The van der Waals surface area contributed by atoms with Gasteiger partial charge in [0.05, 0.1) is 62.8 Å². The van der Waals surface area contributed by atoms with Crippen LogP contribution in [0.2, 0.25) is 0 Å². The summed E-state index contributed by atoms with van der Waals surface area (Å²) in [5.41, 5.74) is 6.28. The van der Waals surface area contributed by atoms with Gasteiger partial charge in [0.25, 0.3) is 11.4 Å². The SMILES string of the molecule is CCOP(=O)(CCCn1c2ccc(/C(=N/O)c3ccccc3OC)cc2c2cc([N+](=O)[O-])ccc21)OCC.CCOP(=O)(CCCn1c2ccc(/C(=N/OC(C)=O)c3ccccc3OC)cc2c2cc([N+](=O)[O-])ccc21)OCC. The second-order valence-corrected chi connectivity index (χ2v) is 22.0. The lowest BCUT2D eigenvalue weighted by Gasteiger charge is -2.17. The average Bonchev–Trinajstić information content (AvgIpc) is 4.18. The highest BCUT2D eigenvalue weighted by atomic mass is 31.2. The minimum atomic E-state index is -3.23. The van der Waals surface area contributed by atoms with Crippen LogP contribution in [0.5, 0.6) is 11.5 Å². The third kappa shape index (κ3) is 13.6. The quantitative estimate of drug-likeness (QED) is 0.0139. The van der Waals surface area contributed by atoms with E-state index in [9.17, 15) is 39.4 Å². The van der Waals surface area contributed by atoms with E-state index in [1.54, 1.807) is 77.3 Å². The summed E-state index contributed by atoms with van der Waals surface area (Å²) in [7, 11) is -3.36. The number of benzene rings is 6. The van der Waals surface area contributed by atoms with Crippen molar-refractivity contribution in [2.45, 2.75) is 60.5 Å². The highest BCUT2D eigenvalue weighted by Crippen LogP contribution is 2.50. The van der Waals surface area contributed by atoms with Gasteiger partial charge in [0.2, 0.25) is 0 Å². The van der Waals surface area contributed by atoms with Crippen LogP contribution in [-0.2, 0) is 49.9 Å². The fourth-order valence-corrected chi connectivity index (χ4v) is 12.8. The van der Waals surface area contributed by atoms with Crippen molar-refractivity contribution >= 4 is 87.6 Å². The molecular formula is C56H62N6O15P2. The molecule has 0 spiro atoms. The van der Waals surface area contributed by atoms with Crippen LogP contribution >= 0.6 is 15.2 Å². The molecule has 0 fully saturated rings. The number of para-hydroxylation sites is 2. The Morgan fingerprint density at radius 1 is 0.557 bits per heavy atom. The van der Waals surface area contributed by atoms with Crippen LogP contribution in [0.1, 0.15) is 69.7 Å². The number of oxime groups is 2. The molecule has 79 heavy (non-hydrogen) atoms. The molecule has 0 unspecified atom stereocenters. The van der Waals surface area contributed by atoms with Crippen molar-refractivity contribution < 1.29 is 61.4 Å². The zero-order valence-corrected chi connectivity index (χ0v) is 46.6. The Kier molecular flexibility index (Phi) is 19.9. The normalized spacial score (nSPS) is 12.2. The molecule has 0 saturated heterocycles. The van der Waals surface area contributed by atoms with E-state index < -0.39 is 31.0 Å². The number of ether oxygens (including phenoxy) is 2. The molecule has 0 aliphatic heterocycles. The summed E-state index contributed by atoms with van der Waals surface area (Å²) < 4.78 is 62.7. The van der Waals surface area contributed by atoms with Gasteiger partial charge in [-0.1, -0.05) is 46.7 Å². The standard InChI is InChI=1S/C29H32N3O8P.C27H30N3O7P/c1-5-38-41(36,39-6-2)17-9-16-31-26-14-12-21(18-24(26)25-19-22(32(34)35)13-15-27(25)31)29(30-40-20(3)33)23-10-7-8-11-28(23)37-4;1-4-36-38(34,37-5-2)16-8-15-29-24-13-11-19(27(28-31)21-9-6-7-10-26(21)35-3)17-22(24)23-18-20(30(32)33)12-14-25(23)29/h7-8,10-15,18-19H,5-6,9,16-17H2,1-4H3;6-7,9-14,17-18,31H,4-5,8,15-16H2,1-3H3/b30-29-;28-27-. The van der Waals surface area contributed by atoms with Gasteiger partial charge < -0.3 is 46.7 Å². The molecule has 8 aromatic rings. The smallest absolute Gasteiger partial charge is 0.332 e. The molecule has 2 heterocycles. The first-order chi connectivity index (χ1) is 38.1. The van der Waals surface area contributed by atoms with E-state index >= 15 is 0 Å². The maximum atomic E-state index is 13.0. The number of nitro benzene ring substituents is 2. The minimum absolute atomic E-state index is 0.0278. The fraction of sp³-hybridized carbons (Fsp3) is 0.304. The molecule has 2 aromatic heterocycles. The lowest BCUT2D eigenvalue weighted by atomic mass is 9.99. The number of carbonyl (C=O) groups excluding carboxylic acids is 1. The topological polar surface area (TPSA) is 257 Å². The van der Waals surface area contributed by atoms with Gasteiger partial charge in [-0.15, -0.1) is 0 Å². The van der Waals surface area contributed by atoms with E-state index in [0.717, 1.165) is 32.8 Å². The second kappa shape index (κ2) is 26.7. The number of non-ortho nitro benzene ring substituents is 2. The molecule has 6 aromatic carbocycles. The summed E-state index contributed by atoms with van der Waals surface area (Å²) in [5.74, 6) is 0.498. The van der Waals surface area contributed by atoms with Gasteiger partial charge in [-0.2, -0.15) is 0 Å². The van der Waals surface area contributed by atoms with Gasteiger partial charge >= 0.3 is 21.2 Å². The van der Waals surface area contributed by atoms with Crippen molar-refractivity contribution in [1.29, 1.82) is 0 Å². The maximum absolute atomic E-state index is 13.0. The molecule has 0 atom stereocenters. The molecule has 0 bridgehead atoms. The summed E-state index contributed by atoms with van der Waals surface area (Å²) in [5, 5.41) is 43.6. The molecule has 0 aliphatic carbocycles. The van der Waals surface area contributed by atoms with Crippen LogP contribution in [0.15, 0.2) is 132 Å². The van der Waals surface area contributed by atoms with Crippen molar-refractivity contribution in [2.75, 3.05) is 53.0 Å². The molecule has 0 radical (unpaired) electrons. The van der Waals surface area contributed by atoms with Crippen LogP contribution in [0, 0.1) is 20.2 Å². The van der Waals surface area contributed by atoms with E-state index in [0.29, 0.717) is 95.1 Å². The Balaban J connectivity index is 0.000000229. The van der Waals surface area contributed by atoms with Crippen LogP contribution in [0.4, 0.5) is 11.4 Å². The molecule has 8 rings (SSSR count). The maximum Gasteiger partial charge on any atom is 0.332 e. The predicted octanol–water partition coefficient (Wildman–Crippen LogP) is 13.3. The van der Waals surface area contributed by atoms with Crippen LogP contribution in [0.25, 0.3) is 43.6 Å². The lowest BCUT2D eigenvalue weighted by molar-refractivity contribution is -0.384. The Labute approximate surface area is 455 Å². The first-order valence-electron chi connectivity index (χ1n) is 25.5. The van der Waals surface area contributed by atoms with Gasteiger partial charge in [-0.3, -0.25) is 29.4 Å². The molecule has 21 nitrogen and oxygen atoms in total. The summed E-state index contributed by atoms with van der Waals surface area (Å²) in [6.07, 6.45) is 1.48. The highest BCUT2D eigenvalue weighted by Gasteiger charge is 2.26. The van der Waals surface area contributed by atoms with Crippen LogP contribution in [0.3, 0.4) is 0 Å². The van der Waals surface area contributed by atoms with Crippen molar-refractivity contribution in [3.05, 3.63) is 164 Å². The molecule has 416 valence electrons. The number of hydrogen-bond donors (Lipinski definition) is 1. The molecule has 0 saturated carbocycles. The van der Waals surface area contributed by atoms with Crippen molar-refractivity contribution in [1.82, 2.24) is 9.13 Å². The van der Waals surface area contributed by atoms with Crippen molar-refractivity contribution in [3.8, 4) is 11.5 Å². The first-order valence-corrected chi connectivity index (χ1v) is 28.9. The predicted molar refractivity (Wildman–Crippen MR) is 304 cm³/mol. The summed E-state index contributed by atoms with van der Waals surface area (Å²) >= 11 is 0. The van der Waals surface area contributed by atoms with Gasteiger partial charge in [0.15, 0.2) is 0 Å². The number of rotatable bonds is 25. The molecule has 0 amide bonds. The third-order valence-corrected chi connectivity index (χ3v) is 17.0. The van der Waals surface area contributed by atoms with Gasteiger partial charge in [0.1, 0.15) is 22.9 Å². The number of hydrogen-bond acceptors (Lipinski definition) is 17. The zero-order chi connectivity index (χ0) is 56.9. The second-order valence-electron chi connectivity index (χ2n) is 17.6. The van der Waals surface area contributed by atoms with E-state index in [-0.39, 0.29) is 36.9 Å². The largest absolute Gasteiger partial charge is 0.496 e. The van der Waals surface area contributed by atoms with E-state index in [1.165, 1.54) is 32.2 Å². The van der Waals surface area contributed by atoms with Gasteiger partial charge in [0, 0.05) is 110 Å². The lowest BCUT2D eigenvalue weighted by Crippen LogP contribution is -2.08. The summed E-state index contributed by atoms with van der Waals surface area (Å²) in [6, 6.07) is 35.0. The van der Waals surface area contributed by atoms with E-state index in [4.69, 9.17) is 32.4 Å². The van der Waals surface area contributed by atoms with Gasteiger partial charge in [-0.05, 0) is 101 Å². The third-order valence-electron chi connectivity index (χ3n) is 12.7. The Hall–Kier alpha value is -7.77. The van der Waals surface area contributed by atoms with E-state index in [1.807, 2.05) is 69.8 Å². The number of methoxy groups -OCH3 is 2. The molecular weight excluding hydrogens is 1060 g/mol. The Morgan fingerprint density at radius 3 is 1.29 bits per heavy atom. The number of fused-ring (bicyclic) bond motifs is 6. The van der Waals surface area contributed by atoms with Gasteiger partial charge in [-0.25, -0.2) is 4.79 Å². The number of carbonyl (C=O) groups is 1. The van der Waals surface area contributed by atoms with E-state index in [2.05, 4.69) is 10.3 Å². The van der Waals surface area contributed by atoms with Crippen LogP contribution < -0.4 is 9.47 Å². The Bertz CT molecular complexity index is 3670. The highest BCUT2D eigenvalue weighted by molar-refractivity contribution is 7.54. The number of aromatic nitrogens is 2. The molecule has 0 aliphatic rings. The molecule has 1 N–H and O–H groups in total. The van der Waals surface area contributed by atoms with Crippen LogP contribution in [-0.4, -0.2) is 94.6 Å². The molecule has 23 heteroatoms. The summed E-state index contributed by atoms with van der Waals surface area (Å²) in [6.45, 7) is 10.5. The number of nitro groups is 2. The summed E-state index contributed by atoms with van der Waals surface area (Å²) in [4.78, 5) is 39.0. The average molecular weight is 1120 g/mol. The van der Waals surface area contributed by atoms with Crippen molar-refractivity contribution in [3.63, 3.8) is 0 Å². The number of nitrogens with zero attached hydrogens (tertiary/aromatic N) is 6. The Morgan fingerprint density at radius 2 is 0.924 bits per heavy atom. The van der Waals surface area contributed by atoms with Crippen molar-refractivity contribution in [2.24, 2.45) is 10.3 Å². The number of aryl methyl sites for hydroxylation is 2. The monoisotopic (exact) mass is 1120 g/mol. The first kappa shape index (κ1) is 58.9. The fourth-order valence-electron chi connectivity index (χ4n) is 9.47. The zero-order valence-electron chi connectivity index (χ0n) is 44.9.